The highest BCUT2D eigenvalue weighted by molar-refractivity contribution is 6.33. The summed E-state index contributed by atoms with van der Waals surface area (Å²) in [6, 6.07) is 5.98. The lowest BCUT2D eigenvalue weighted by Crippen LogP contribution is -2.47. The minimum absolute atomic E-state index is 0.0455. The van der Waals surface area contributed by atoms with Crippen LogP contribution in [-0.4, -0.2) is 35.5 Å². The predicted molar refractivity (Wildman–Crippen MR) is 90.9 cm³/mol. The van der Waals surface area contributed by atoms with Gasteiger partial charge < -0.3 is 15.3 Å². The number of carbonyl (C=O) groups excluding carboxylic acids is 2. The maximum atomic E-state index is 12.4. The summed E-state index contributed by atoms with van der Waals surface area (Å²) in [5.41, 5.74) is 0.566. The number of halogens is 1. The molecule has 2 rings (SSSR count). The highest BCUT2D eigenvalue weighted by Gasteiger charge is 2.37. The summed E-state index contributed by atoms with van der Waals surface area (Å²) in [5.74, 6) is -2.45. The fraction of sp³-hybridized carbons (Fsp3) is 0.471. The van der Waals surface area contributed by atoms with Gasteiger partial charge in [0, 0.05) is 13.0 Å². The molecule has 0 spiro atoms. The zero-order valence-electron chi connectivity index (χ0n) is 13.7. The number of para-hydroxylation sites is 1. The maximum Gasteiger partial charge on any atom is 0.326 e. The van der Waals surface area contributed by atoms with Crippen LogP contribution in [-0.2, 0) is 14.4 Å². The molecule has 1 fully saturated rings. The van der Waals surface area contributed by atoms with Crippen molar-refractivity contribution in [2.45, 2.75) is 32.7 Å². The Hall–Kier alpha value is -2.08. The first kappa shape index (κ1) is 18.3. The number of carboxylic acids is 1. The molecule has 1 aromatic rings. The quantitative estimate of drug-likeness (QED) is 0.822. The summed E-state index contributed by atoms with van der Waals surface area (Å²) in [7, 11) is 0. The van der Waals surface area contributed by atoms with Gasteiger partial charge >= 0.3 is 5.97 Å². The highest BCUT2D eigenvalue weighted by atomic mass is 35.5. The smallest absolute Gasteiger partial charge is 0.326 e. The molecule has 0 saturated carbocycles. The van der Waals surface area contributed by atoms with Crippen molar-refractivity contribution in [2.24, 2.45) is 11.8 Å². The summed E-state index contributed by atoms with van der Waals surface area (Å²) >= 11 is 6.11. The molecule has 0 aromatic heterocycles. The molecule has 2 amide bonds. The van der Waals surface area contributed by atoms with Crippen molar-refractivity contribution in [3.8, 4) is 0 Å². The Kier molecular flexibility index (Phi) is 5.83. The van der Waals surface area contributed by atoms with Crippen LogP contribution in [0.4, 0.5) is 5.69 Å². The van der Waals surface area contributed by atoms with E-state index in [1.54, 1.807) is 31.2 Å². The van der Waals surface area contributed by atoms with Crippen LogP contribution in [0.5, 0.6) is 0 Å². The van der Waals surface area contributed by atoms with Crippen molar-refractivity contribution in [1.82, 2.24) is 5.32 Å². The average Bonchev–Trinajstić information content (AvgIpc) is 2.93. The molecule has 3 unspecified atom stereocenters. The van der Waals surface area contributed by atoms with Gasteiger partial charge in [-0.2, -0.15) is 0 Å². The zero-order chi connectivity index (χ0) is 17.9. The largest absolute Gasteiger partial charge is 0.480 e. The highest BCUT2D eigenvalue weighted by Crippen LogP contribution is 2.31. The number of rotatable bonds is 6. The normalized spacial score (nSPS) is 19.9. The minimum Gasteiger partial charge on any atom is -0.480 e. The molecule has 24 heavy (non-hydrogen) atoms. The van der Waals surface area contributed by atoms with Gasteiger partial charge in [-0.3, -0.25) is 9.59 Å². The third-order valence-electron chi connectivity index (χ3n) is 4.42. The van der Waals surface area contributed by atoms with Gasteiger partial charge in [0.05, 0.1) is 16.6 Å². The van der Waals surface area contributed by atoms with Gasteiger partial charge in [-0.25, -0.2) is 4.79 Å². The topological polar surface area (TPSA) is 86.7 Å². The Morgan fingerprint density at radius 3 is 2.67 bits per heavy atom. The standard InChI is InChI=1S/C17H21ClN2O4/c1-3-10(2)15(17(23)24)19-16(22)11-8-14(21)20(9-11)13-7-5-4-6-12(13)18/h4-7,10-11,15H,3,8-9H2,1-2H3,(H,19,22)(H,23,24). The summed E-state index contributed by atoms with van der Waals surface area (Å²) in [6.07, 6.45) is 0.677. The zero-order valence-corrected chi connectivity index (χ0v) is 14.4. The molecule has 0 bridgehead atoms. The van der Waals surface area contributed by atoms with Gasteiger partial charge in [-0.1, -0.05) is 44.0 Å². The number of benzene rings is 1. The van der Waals surface area contributed by atoms with E-state index in [1.807, 2.05) is 6.92 Å². The van der Waals surface area contributed by atoms with E-state index < -0.39 is 23.8 Å². The van der Waals surface area contributed by atoms with Crippen molar-refractivity contribution in [2.75, 3.05) is 11.4 Å². The van der Waals surface area contributed by atoms with Gasteiger partial charge in [0.2, 0.25) is 11.8 Å². The number of nitrogens with one attached hydrogen (secondary N) is 1. The van der Waals surface area contributed by atoms with E-state index in [2.05, 4.69) is 5.32 Å². The minimum atomic E-state index is -1.06. The van der Waals surface area contributed by atoms with Crippen LogP contribution >= 0.6 is 11.6 Å². The SMILES string of the molecule is CCC(C)C(NC(=O)C1CC(=O)N(c2ccccc2Cl)C1)C(=O)O. The number of aliphatic carboxylic acids is 1. The van der Waals surface area contributed by atoms with Crippen molar-refractivity contribution in [3.05, 3.63) is 29.3 Å². The van der Waals surface area contributed by atoms with Crippen LogP contribution in [0.25, 0.3) is 0 Å². The van der Waals surface area contributed by atoms with E-state index in [9.17, 15) is 19.5 Å². The first-order valence-corrected chi connectivity index (χ1v) is 8.31. The second kappa shape index (κ2) is 7.66. The van der Waals surface area contributed by atoms with Gasteiger partial charge in [-0.05, 0) is 18.1 Å². The van der Waals surface area contributed by atoms with Gasteiger partial charge in [-0.15, -0.1) is 0 Å². The van der Waals surface area contributed by atoms with Crippen LogP contribution in [0.15, 0.2) is 24.3 Å². The Bertz CT molecular complexity index is 649. The fourth-order valence-electron chi connectivity index (χ4n) is 2.74. The second-order valence-corrected chi connectivity index (χ2v) is 6.47. The van der Waals surface area contributed by atoms with E-state index in [-0.39, 0.29) is 24.8 Å². The van der Waals surface area contributed by atoms with Crippen LogP contribution in [0.2, 0.25) is 5.02 Å². The van der Waals surface area contributed by atoms with E-state index in [0.29, 0.717) is 17.1 Å². The molecule has 1 saturated heterocycles. The van der Waals surface area contributed by atoms with Crippen molar-refractivity contribution in [1.29, 1.82) is 0 Å². The first-order chi connectivity index (χ1) is 11.3. The summed E-state index contributed by atoms with van der Waals surface area (Å²) in [4.78, 5) is 37.4. The maximum absolute atomic E-state index is 12.4. The van der Waals surface area contributed by atoms with Crippen LogP contribution < -0.4 is 10.2 Å². The number of hydrogen-bond donors (Lipinski definition) is 2. The third-order valence-corrected chi connectivity index (χ3v) is 4.74. The molecule has 2 N–H and O–H groups in total. The number of nitrogens with zero attached hydrogens (tertiary/aromatic N) is 1. The molecule has 1 aromatic carbocycles. The molecule has 1 heterocycles. The molecular formula is C17H21ClN2O4. The number of carboxylic acid groups (broad SMARTS) is 1. The van der Waals surface area contributed by atoms with Gasteiger partial charge in [0.1, 0.15) is 6.04 Å². The lowest BCUT2D eigenvalue weighted by atomic mass is 9.98. The van der Waals surface area contributed by atoms with Crippen LogP contribution in [0, 0.1) is 11.8 Å². The third kappa shape index (κ3) is 3.87. The van der Waals surface area contributed by atoms with Gasteiger partial charge in [0.25, 0.3) is 0 Å². The molecule has 7 heteroatoms. The molecule has 3 atom stereocenters. The Balaban J connectivity index is 2.09. The molecule has 6 nitrogen and oxygen atoms in total. The van der Waals surface area contributed by atoms with Gasteiger partial charge in [0.15, 0.2) is 0 Å². The number of hydrogen-bond acceptors (Lipinski definition) is 3. The Morgan fingerprint density at radius 2 is 2.08 bits per heavy atom. The fourth-order valence-corrected chi connectivity index (χ4v) is 2.98. The predicted octanol–water partition coefficient (Wildman–Crippen LogP) is 2.31. The number of anilines is 1. The van der Waals surface area contributed by atoms with Crippen LogP contribution in [0.3, 0.4) is 0 Å². The Labute approximate surface area is 145 Å². The molecule has 1 aliphatic heterocycles. The molecular weight excluding hydrogens is 332 g/mol. The van der Waals surface area contributed by atoms with Crippen molar-refractivity contribution >= 4 is 35.1 Å². The average molecular weight is 353 g/mol. The molecule has 0 aliphatic carbocycles. The summed E-state index contributed by atoms with van der Waals surface area (Å²) < 4.78 is 0. The molecule has 130 valence electrons. The van der Waals surface area contributed by atoms with E-state index in [0.717, 1.165) is 0 Å². The number of amides is 2. The van der Waals surface area contributed by atoms with Crippen molar-refractivity contribution < 1.29 is 19.5 Å². The van der Waals surface area contributed by atoms with E-state index in [1.165, 1.54) is 4.90 Å². The summed E-state index contributed by atoms with van der Waals surface area (Å²) in [5, 5.41) is 12.3. The monoisotopic (exact) mass is 352 g/mol. The lowest BCUT2D eigenvalue weighted by Gasteiger charge is -2.22. The second-order valence-electron chi connectivity index (χ2n) is 6.07. The summed E-state index contributed by atoms with van der Waals surface area (Å²) in [6.45, 7) is 3.83. The van der Waals surface area contributed by atoms with E-state index >= 15 is 0 Å². The molecule has 0 radical (unpaired) electrons. The number of carbonyl (C=O) groups is 3. The van der Waals surface area contributed by atoms with E-state index in [4.69, 9.17) is 11.6 Å². The molecule has 1 aliphatic rings. The first-order valence-electron chi connectivity index (χ1n) is 7.93. The Morgan fingerprint density at radius 1 is 1.42 bits per heavy atom. The lowest BCUT2D eigenvalue weighted by molar-refractivity contribution is -0.143. The van der Waals surface area contributed by atoms with Crippen molar-refractivity contribution in [3.63, 3.8) is 0 Å². The van der Waals surface area contributed by atoms with Crippen LogP contribution in [0.1, 0.15) is 26.7 Å².